The fourth-order valence-corrected chi connectivity index (χ4v) is 4.24. The van der Waals surface area contributed by atoms with E-state index in [-0.39, 0.29) is 5.91 Å². The molecule has 1 aliphatic heterocycles. The van der Waals surface area contributed by atoms with Crippen LogP contribution in [0.1, 0.15) is 32.9 Å². The molecule has 29 heavy (non-hydrogen) atoms. The number of rotatable bonds is 3. The van der Waals surface area contributed by atoms with E-state index in [1.165, 1.54) is 0 Å². The summed E-state index contributed by atoms with van der Waals surface area (Å²) < 4.78 is 5.31. The number of nitrogens with zero attached hydrogens (tertiary/aromatic N) is 3. The number of benzene rings is 1. The first-order valence-electron chi connectivity index (χ1n) is 9.21. The highest BCUT2D eigenvalue weighted by Gasteiger charge is 2.24. The second-order valence-electron chi connectivity index (χ2n) is 6.88. The van der Waals surface area contributed by atoms with Gasteiger partial charge in [-0.1, -0.05) is 23.2 Å². The highest BCUT2D eigenvalue weighted by atomic mass is 35.5. The number of aromatic nitrogens is 2. The minimum Gasteiger partial charge on any atom is -0.378 e. The molecule has 1 aromatic carbocycles. The molecule has 4 rings (SSSR count). The number of aromatic amines is 1. The zero-order valence-electron chi connectivity index (χ0n) is 15.8. The van der Waals surface area contributed by atoms with Crippen LogP contribution in [0.5, 0.6) is 0 Å². The molecule has 1 saturated heterocycles. The smallest absolute Gasteiger partial charge is 0.255 e. The number of nitrogens with one attached hydrogen (secondary N) is 1. The lowest BCUT2D eigenvalue weighted by Gasteiger charge is -2.27. The first kappa shape index (κ1) is 19.7. The number of nitriles is 1. The number of amides is 1. The van der Waals surface area contributed by atoms with E-state index in [1.54, 1.807) is 23.2 Å². The predicted octanol–water partition coefficient (Wildman–Crippen LogP) is 4.11. The molecule has 0 radical (unpaired) electrons. The summed E-state index contributed by atoms with van der Waals surface area (Å²) in [5.74, 6) is -0.145. The molecule has 6 nitrogen and oxygen atoms in total. The Hall–Kier alpha value is -2.59. The van der Waals surface area contributed by atoms with Crippen LogP contribution >= 0.6 is 23.2 Å². The average molecular weight is 429 g/mol. The highest BCUT2D eigenvalue weighted by molar-refractivity contribution is 6.38. The molecule has 2 aromatic heterocycles. The Morgan fingerprint density at radius 1 is 1.31 bits per heavy atom. The van der Waals surface area contributed by atoms with Gasteiger partial charge in [-0.05, 0) is 30.7 Å². The number of carbonyl (C=O) groups excluding carboxylic acids is 1. The molecule has 3 heterocycles. The highest BCUT2D eigenvalue weighted by Crippen LogP contribution is 2.33. The van der Waals surface area contributed by atoms with Crippen LogP contribution in [0, 0.1) is 18.3 Å². The van der Waals surface area contributed by atoms with E-state index < -0.39 is 0 Å². The molecular weight excluding hydrogens is 411 g/mol. The fraction of sp³-hybridized carbons (Fsp3) is 0.286. The van der Waals surface area contributed by atoms with Gasteiger partial charge in [0.25, 0.3) is 5.91 Å². The molecule has 0 atom stereocenters. The molecule has 8 heteroatoms. The van der Waals surface area contributed by atoms with Crippen molar-refractivity contribution in [3.8, 4) is 6.07 Å². The molecule has 1 aliphatic rings. The molecule has 0 saturated carbocycles. The molecule has 1 N–H and O–H groups in total. The van der Waals surface area contributed by atoms with Crippen LogP contribution in [-0.2, 0) is 11.2 Å². The fourth-order valence-electron chi connectivity index (χ4n) is 3.66. The van der Waals surface area contributed by atoms with Gasteiger partial charge in [-0.2, -0.15) is 5.26 Å². The number of aryl methyl sites for hydroxylation is 1. The van der Waals surface area contributed by atoms with Gasteiger partial charge in [0.2, 0.25) is 0 Å². The van der Waals surface area contributed by atoms with Crippen LogP contribution < -0.4 is 0 Å². The number of H-pyrrole nitrogens is 1. The van der Waals surface area contributed by atoms with Crippen molar-refractivity contribution in [2.24, 2.45) is 0 Å². The van der Waals surface area contributed by atoms with Crippen molar-refractivity contribution in [1.29, 1.82) is 5.26 Å². The van der Waals surface area contributed by atoms with E-state index >= 15 is 0 Å². The van der Waals surface area contributed by atoms with Gasteiger partial charge in [-0.3, -0.25) is 9.78 Å². The Balaban J connectivity index is 1.75. The van der Waals surface area contributed by atoms with E-state index in [4.69, 9.17) is 27.9 Å². The third-order valence-electron chi connectivity index (χ3n) is 5.16. The number of ether oxygens (including phenoxy) is 1. The summed E-state index contributed by atoms with van der Waals surface area (Å²) in [4.78, 5) is 22.2. The van der Waals surface area contributed by atoms with Gasteiger partial charge in [0.1, 0.15) is 6.07 Å². The summed E-state index contributed by atoms with van der Waals surface area (Å²) in [6.07, 6.45) is 2.00. The molecule has 148 valence electrons. The minimum atomic E-state index is -0.145. The molecule has 1 fully saturated rings. The normalized spacial score (nSPS) is 14.2. The van der Waals surface area contributed by atoms with Crippen molar-refractivity contribution in [1.82, 2.24) is 14.9 Å². The van der Waals surface area contributed by atoms with Crippen molar-refractivity contribution >= 4 is 40.0 Å². The maximum absolute atomic E-state index is 12.9. The van der Waals surface area contributed by atoms with Gasteiger partial charge in [0.05, 0.1) is 34.9 Å². The van der Waals surface area contributed by atoms with Crippen molar-refractivity contribution < 1.29 is 9.53 Å². The zero-order valence-corrected chi connectivity index (χ0v) is 17.3. The van der Waals surface area contributed by atoms with Crippen LogP contribution in [-0.4, -0.2) is 47.1 Å². The lowest BCUT2D eigenvalue weighted by Crippen LogP contribution is -2.40. The molecule has 0 unspecified atom stereocenters. The number of morpholine rings is 1. The Morgan fingerprint density at radius 3 is 2.79 bits per heavy atom. The summed E-state index contributed by atoms with van der Waals surface area (Å²) in [5, 5.41) is 11.3. The van der Waals surface area contributed by atoms with Crippen LogP contribution in [0.3, 0.4) is 0 Å². The van der Waals surface area contributed by atoms with Crippen molar-refractivity contribution in [3.63, 3.8) is 0 Å². The van der Waals surface area contributed by atoms with Gasteiger partial charge < -0.3 is 14.6 Å². The van der Waals surface area contributed by atoms with Crippen molar-refractivity contribution in [2.45, 2.75) is 13.3 Å². The van der Waals surface area contributed by atoms with Crippen LogP contribution in [0.4, 0.5) is 0 Å². The number of hydrogen-bond donors (Lipinski definition) is 1. The quantitative estimate of drug-likeness (QED) is 0.680. The van der Waals surface area contributed by atoms with E-state index in [0.717, 1.165) is 16.6 Å². The van der Waals surface area contributed by atoms with Crippen LogP contribution in [0.15, 0.2) is 24.4 Å². The van der Waals surface area contributed by atoms with Crippen LogP contribution in [0.25, 0.3) is 10.9 Å². The number of hydrogen-bond acceptors (Lipinski definition) is 4. The summed E-state index contributed by atoms with van der Waals surface area (Å²) >= 11 is 13.1. The maximum atomic E-state index is 12.9. The van der Waals surface area contributed by atoms with E-state index in [1.807, 2.05) is 13.0 Å². The second kappa shape index (κ2) is 8.03. The lowest BCUT2D eigenvalue weighted by atomic mass is 10.0. The van der Waals surface area contributed by atoms with Gasteiger partial charge in [-0.25, -0.2) is 0 Å². The van der Waals surface area contributed by atoms with Gasteiger partial charge in [0.15, 0.2) is 0 Å². The Kier molecular flexibility index (Phi) is 5.46. The zero-order chi connectivity index (χ0) is 20.5. The third-order valence-corrected chi connectivity index (χ3v) is 5.94. The Bertz CT molecular complexity index is 1140. The number of carbonyl (C=O) groups is 1. The SMILES string of the molecule is Cc1nccc2[nH]c(Cc3c(Cl)ccc(C(=O)N4CCOCC4)c3Cl)c(C#N)c12. The number of halogens is 2. The Morgan fingerprint density at radius 2 is 2.07 bits per heavy atom. The predicted molar refractivity (Wildman–Crippen MR) is 112 cm³/mol. The van der Waals surface area contributed by atoms with E-state index in [9.17, 15) is 10.1 Å². The standard InChI is InChI=1S/C21H18Cl2N4O2/c1-12-19-15(11-24)18(26-17(19)4-5-25-12)10-14-16(22)3-2-13(20(14)23)21(28)27-6-8-29-9-7-27/h2-5,26H,6-10H2,1H3. The molecule has 0 bridgehead atoms. The number of pyridine rings is 1. The van der Waals surface area contributed by atoms with E-state index in [2.05, 4.69) is 16.0 Å². The Labute approximate surface area is 178 Å². The lowest BCUT2D eigenvalue weighted by molar-refractivity contribution is 0.0303. The summed E-state index contributed by atoms with van der Waals surface area (Å²) in [6, 6.07) is 7.42. The van der Waals surface area contributed by atoms with Crippen LogP contribution in [0.2, 0.25) is 10.0 Å². The molecule has 3 aromatic rings. The topological polar surface area (TPSA) is 82.0 Å². The van der Waals surface area contributed by atoms with Gasteiger partial charge in [-0.15, -0.1) is 0 Å². The third kappa shape index (κ3) is 3.58. The number of fused-ring (bicyclic) bond motifs is 1. The minimum absolute atomic E-state index is 0.145. The monoisotopic (exact) mass is 428 g/mol. The molecule has 0 spiro atoms. The van der Waals surface area contributed by atoms with Gasteiger partial charge >= 0.3 is 0 Å². The molecule has 1 amide bonds. The summed E-state index contributed by atoms with van der Waals surface area (Å²) in [7, 11) is 0. The first-order chi connectivity index (χ1) is 14.0. The summed E-state index contributed by atoms with van der Waals surface area (Å²) in [6.45, 7) is 3.94. The first-order valence-corrected chi connectivity index (χ1v) is 9.97. The molecular formula is C21H18Cl2N4O2. The van der Waals surface area contributed by atoms with Gasteiger partial charge in [0, 0.05) is 47.5 Å². The molecule has 0 aliphatic carbocycles. The largest absolute Gasteiger partial charge is 0.378 e. The summed E-state index contributed by atoms with van der Waals surface area (Å²) in [5.41, 5.74) is 3.83. The van der Waals surface area contributed by atoms with Crippen molar-refractivity contribution in [3.05, 3.63) is 62.5 Å². The van der Waals surface area contributed by atoms with Crippen molar-refractivity contribution in [2.75, 3.05) is 26.3 Å². The average Bonchev–Trinajstić information content (AvgIpc) is 3.10. The van der Waals surface area contributed by atoms with E-state index in [0.29, 0.717) is 65.2 Å². The maximum Gasteiger partial charge on any atom is 0.255 e. The second-order valence-corrected chi connectivity index (χ2v) is 7.66.